The van der Waals surface area contributed by atoms with E-state index >= 15 is 0 Å². The molecule has 0 radical (unpaired) electrons. The van der Waals surface area contributed by atoms with E-state index in [1.165, 1.54) is 13.5 Å². The van der Waals surface area contributed by atoms with Gasteiger partial charge in [0.2, 0.25) is 0 Å². The number of ketones is 1. The zero-order valence-electron chi connectivity index (χ0n) is 18.9. The smallest absolute Gasteiger partial charge is 0.328 e. The molecule has 0 rings (SSSR count). The number of rotatable bonds is 16. The van der Waals surface area contributed by atoms with E-state index in [4.69, 9.17) is 14.6 Å². The van der Waals surface area contributed by atoms with Gasteiger partial charge in [0.1, 0.15) is 11.7 Å². The summed E-state index contributed by atoms with van der Waals surface area (Å²) in [5.41, 5.74) is -0.414. The minimum atomic E-state index is -1.13. The topological polar surface area (TPSA) is 89.9 Å². The van der Waals surface area contributed by atoms with Gasteiger partial charge in [0.05, 0.1) is 0 Å². The third kappa shape index (κ3) is 16.9. The summed E-state index contributed by atoms with van der Waals surface area (Å²) in [5.74, 6) is -1.19. The molecule has 0 heterocycles. The van der Waals surface area contributed by atoms with Crippen molar-refractivity contribution in [2.75, 3.05) is 7.11 Å². The van der Waals surface area contributed by atoms with Gasteiger partial charge in [-0.25, -0.2) is 4.79 Å². The number of carboxylic acids is 1. The largest absolute Gasteiger partial charge is 0.478 e. The molecular formula is C23H40O6. The van der Waals surface area contributed by atoms with Crippen LogP contribution in [-0.4, -0.2) is 41.6 Å². The number of hydrogen-bond acceptors (Lipinski definition) is 5. The Morgan fingerprint density at radius 2 is 1.41 bits per heavy atom. The van der Waals surface area contributed by atoms with Gasteiger partial charge in [0.25, 0.3) is 0 Å². The fraction of sp³-hybridized carbons (Fsp3) is 0.783. The summed E-state index contributed by atoms with van der Waals surface area (Å²) in [4.78, 5) is 34.1. The van der Waals surface area contributed by atoms with Crippen molar-refractivity contribution in [1.29, 1.82) is 0 Å². The molecule has 0 aromatic carbocycles. The van der Waals surface area contributed by atoms with Crippen molar-refractivity contribution in [3.05, 3.63) is 12.2 Å². The number of carboxylic acid groups (broad SMARTS) is 1. The van der Waals surface area contributed by atoms with Crippen molar-refractivity contribution in [2.45, 2.75) is 104 Å². The van der Waals surface area contributed by atoms with Crippen LogP contribution in [0.5, 0.6) is 0 Å². The molecule has 0 spiro atoms. The molecular weight excluding hydrogens is 372 g/mol. The van der Waals surface area contributed by atoms with Crippen LogP contribution in [0.3, 0.4) is 0 Å². The van der Waals surface area contributed by atoms with Crippen LogP contribution in [0.2, 0.25) is 0 Å². The summed E-state index contributed by atoms with van der Waals surface area (Å²) >= 11 is 0. The molecule has 0 saturated carbocycles. The Kier molecular flexibility index (Phi) is 14.3. The zero-order chi connectivity index (χ0) is 22.3. The second kappa shape index (κ2) is 15.2. The predicted octanol–water partition coefficient (Wildman–Crippen LogP) is 5.09. The van der Waals surface area contributed by atoms with Gasteiger partial charge in [-0.15, -0.1) is 0 Å². The van der Waals surface area contributed by atoms with Crippen LogP contribution in [0.4, 0.5) is 0 Å². The highest BCUT2D eigenvalue weighted by molar-refractivity contribution is 5.97. The lowest BCUT2D eigenvalue weighted by atomic mass is 9.98. The molecule has 6 nitrogen and oxygen atoms in total. The van der Waals surface area contributed by atoms with Gasteiger partial charge in [0.15, 0.2) is 5.78 Å². The molecule has 6 heteroatoms. The van der Waals surface area contributed by atoms with Crippen molar-refractivity contribution in [2.24, 2.45) is 5.92 Å². The third-order valence-electron chi connectivity index (χ3n) is 4.59. The summed E-state index contributed by atoms with van der Waals surface area (Å²) < 4.78 is 10.5. The van der Waals surface area contributed by atoms with Crippen LogP contribution >= 0.6 is 0 Å². The van der Waals surface area contributed by atoms with Crippen LogP contribution in [0, 0.1) is 5.92 Å². The average molecular weight is 413 g/mol. The highest BCUT2D eigenvalue weighted by atomic mass is 16.6. The van der Waals surface area contributed by atoms with Crippen LogP contribution in [0.1, 0.15) is 91.9 Å². The third-order valence-corrected chi connectivity index (χ3v) is 4.59. The maximum Gasteiger partial charge on any atom is 0.328 e. The molecule has 0 aliphatic rings. The molecule has 0 aliphatic carbocycles. The zero-order valence-corrected chi connectivity index (χ0v) is 18.9. The normalized spacial score (nSPS) is 14.0. The highest BCUT2D eigenvalue weighted by Crippen LogP contribution is 2.18. The number of ether oxygens (including phenoxy) is 2. The minimum Gasteiger partial charge on any atom is -0.478 e. The predicted molar refractivity (Wildman–Crippen MR) is 114 cm³/mol. The second-order valence-electron chi connectivity index (χ2n) is 8.75. The van der Waals surface area contributed by atoms with Gasteiger partial charge in [-0.1, -0.05) is 58.3 Å². The summed E-state index contributed by atoms with van der Waals surface area (Å²) in [6, 6.07) is 0. The van der Waals surface area contributed by atoms with E-state index in [9.17, 15) is 14.4 Å². The van der Waals surface area contributed by atoms with Gasteiger partial charge in [-0.05, 0) is 39.2 Å². The first-order valence-electron chi connectivity index (χ1n) is 10.7. The standard InChI is InChI=1S/C23H40O6/c1-18(17-22(27)29-23(2,3)4)13-11-9-7-6-8-10-12-14-20(28-5)19(24)15-16-21(25)26/h15-16,18,20H,6-14,17H2,1-5H3,(H,25,26)/b16-15+/t18-,20?/m1/s1. The minimum absolute atomic E-state index is 0.115. The first kappa shape index (κ1) is 27.3. The Balaban J connectivity index is 3.71. The van der Waals surface area contributed by atoms with Crippen molar-refractivity contribution in [1.82, 2.24) is 0 Å². The van der Waals surface area contributed by atoms with Crippen molar-refractivity contribution < 1.29 is 29.0 Å². The van der Waals surface area contributed by atoms with E-state index < -0.39 is 17.7 Å². The number of unbranched alkanes of at least 4 members (excludes halogenated alkanes) is 6. The van der Waals surface area contributed by atoms with E-state index in [2.05, 4.69) is 6.92 Å². The molecule has 0 aromatic rings. The van der Waals surface area contributed by atoms with Crippen LogP contribution in [-0.2, 0) is 23.9 Å². The molecule has 168 valence electrons. The van der Waals surface area contributed by atoms with Gasteiger partial charge < -0.3 is 14.6 Å². The molecule has 0 amide bonds. The Morgan fingerprint density at radius 1 is 0.897 bits per heavy atom. The SMILES string of the molecule is COC(CCCCCCCCC[C@@H](C)CC(=O)OC(C)(C)C)C(=O)/C=C/C(=O)O. The number of esters is 1. The van der Waals surface area contributed by atoms with Crippen molar-refractivity contribution in [3.8, 4) is 0 Å². The summed E-state index contributed by atoms with van der Waals surface area (Å²) in [6.07, 6.45) is 11.2. The molecule has 2 atom stereocenters. The van der Waals surface area contributed by atoms with Crippen molar-refractivity contribution in [3.63, 3.8) is 0 Å². The molecule has 0 fully saturated rings. The highest BCUT2D eigenvalue weighted by Gasteiger charge is 2.18. The maximum absolute atomic E-state index is 11.8. The maximum atomic E-state index is 11.8. The summed E-state index contributed by atoms with van der Waals surface area (Å²) in [7, 11) is 1.47. The molecule has 0 saturated heterocycles. The fourth-order valence-corrected chi connectivity index (χ4v) is 3.11. The first-order valence-corrected chi connectivity index (χ1v) is 10.7. The molecule has 0 bridgehead atoms. The van der Waals surface area contributed by atoms with Crippen LogP contribution in [0.25, 0.3) is 0 Å². The second-order valence-corrected chi connectivity index (χ2v) is 8.75. The lowest BCUT2D eigenvalue weighted by Gasteiger charge is -2.20. The Hall–Kier alpha value is -1.69. The van der Waals surface area contributed by atoms with E-state index in [0.717, 1.165) is 57.1 Å². The quantitative estimate of drug-likeness (QED) is 0.216. The number of carbonyl (C=O) groups is 3. The molecule has 29 heavy (non-hydrogen) atoms. The first-order chi connectivity index (χ1) is 13.5. The Labute approximate surface area is 176 Å². The van der Waals surface area contributed by atoms with Crippen LogP contribution in [0.15, 0.2) is 12.2 Å². The monoisotopic (exact) mass is 412 g/mol. The van der Waals surface area contributed by atoms with Gasteiger partial charge in [0, 0.05) is 19.6 Å². The fourth-order valence-electron chi connectivity index (χ4n) is 3.11. The number of carbonyl (C=O) groups excluding carboxylic acids is 2. The van der Waals surface area contributed by atoms with E-state index in [1.54, 1.807) is 0 Å². The number of methoxy groups -OCH3 is 1. The molecule has 0 aliphatic heterocycles. The number of aliphatic carboxylic acids is 1. The van der Waals surface area contributed by atoms with Crippen molar-refractivity contribution >= 4 is 17.7 Å². The molecule has 0 aromatic heterocycles. The average Bonchev–Trinajstić information content (AvgIpc) is 2.59. The van der Waals surface area contributed by atoms with Gasteiger partial charge in [-0.3, -0.25) is 9.59 Å². The Morgan fingerprint density at radius 3 is 1.90 bits per heavy atom. The van der Waals surface area contributed by atoms with E-state index in [1.807, 2.05) is 20.8 Å². The Bertz CT molecular complexity index is 518. The molecule has 1 unspecified atom stereocenters. The summed E-state index contributed by atoms with van der Waals surface area (Å²) in [5, 5.41) is 8.56. The summed E-state index contributed by atoms with van der Waals surface area (Å²) in [6.45, 7) is 7.77. The number of hydrogen-bond donors (Lipinski definition) is 1. The van der Waals surface area contributed by atoms with E-state index in [-0.39, 0.29) is 11.8 Å². The van der Waals surface area contributed by atoms with Gasteiger partial charge >= 0.3 is 11.9 Å². The van der Waals surface area contributed by atoms with Crippen LogP contribution < -0.4 is 0 Å². The van der Waals surface area contributed by atoms with Gasteiger partial charge in [-0.2, -0.15) is 0 Å². The lowest BCUT2D eigenvalue weighted by Crippen LogP contribution is -2.24. The lowest BCUT2D eigenvalue weighted by molar-refractivity contribution is -0.155. The van der Waals surface area contributed by atoms with E-state index in [0.29, 0.717) is 18.8 Å². The molecule has 1 N–H and O–H groups in total.